The van der Waals surface area contributed by atoms with Gasteiger partial charge in [-0.2, -0.15) is 0 Å². The van der Waals surface area contributed by atoms with Crippen molar-refractivity contribution in [2.24, 2.45) is 0 Å². The minimum absolute atomic E-state index is 0.289. The standard InChI is InChI=1S/C15H9Cl2FN2S3/c16-10-2-1-9(13(17)7-10)8-22-14-19-20(15(21)23-14)12-5-3-11(18)4-6-12/h1-7H,8H2. The van der Waals surface area contributed by atoms with Crippen LogP contribution in [0.3, 0.4) is 0 Å². The Morgan fingerprint density at radius 2 is 1.91 bits per heavy atom. The van der Waals surface area contributed by atoms with Crippen LogP contribution in [0.1, 0.15) is 5.56 Å². The Balaban J connectivity index is 1.78. The van der Waals surface area contributed by atoms with Crippen molar-refractivity contribution in [1.82, 2.24) is 9.78 Å². The molecule has 2 aromatic carbocycles. The first-order chi connectivity index (χ1) is 11.0. The minimum Gasteiger partial charge on any atom is -0.211 e. The monoisotopic (exact) mass is 402 g/mol. The third kappa shape index (κ3) is 4.14. The zero-order valence-electron chi connectivity index (χ0n) is 11.5. The molecule has 0 unspecified atom stereocenters. The summed E-state index contributed by atoms with van der Waals surface area (Å²) in [7, 11) is 0. The van der Waals surface area contributed by atoms with E-state index >= 15 is 0 Å². The first kappa shape index (κ1) is 16.9. The molecule has 0 aliphatic heterocycles. The van der Waals surface area contributed by atoms with Crippen molar-refractivity contribution in [1.29, 1.82) is 0 Å². The number of aromatic nitrogens is 2. The summed E-state index contributed by atoms with van der Waals surface area (Å²) in [5.41, 5.74) is 1.72. The lowest BCUT2D eigenvalue weighted by atomic mass is 10.2. The molecule has 3 rings (SSSR count). The highest BCUT2D eigenvalue weighted by molar-refractivity contribution is 8.00. The van der Waals surface area contributed by atoms with Gasteiger partial charge in [0.1, 0.15) is 5.82 Å². The van der Waals surface area contributed by atoms with E-state index in [2.05, 4.69) is 5.10 Å². The van der Waals surface area contributed by atoms with Crippen molar-refractivity contribution in [3.8, 4) is 5.69 Å². The van der Waals surface area contributed by atoms with Crippen molar-refractivity contribution in [3.63, 3.8) is 0 Å². The van der Waals surface area contributed by atoms with Gasteiger partial charge < -0.3 is 0 Å². The Morgan fingerprint density at radius 3 is 2.61 bits per heavy atom. The molecule has 2 nitrogen and oxygen atoms in total. The van der Waals surface area contributed by atoms with E-state index in [-0.39, 0.29) is 5.82 Å². The third-order valence-corrected chi connectivity index (χ3v) is 5.97. The molecule has 0 aliphatic rings. The third-order valence-electron chi connectivity index (χ3n) is 2.97. The summed E-state index contributed by atoms with van der Waals surface area (Å²) in [6.45, 7) is 0. The van der Waals surface area contributed by atoms with E-state index in [4.69, 9.17) is 35.4 Å². The molecule has 8 heteroatoms. The molecule has 1 aromatic heterocycles. The molecule has 3 aromatic rings. The van der Waals surface area contributed by atoms with Crippen LogP contribution in [0, 0.1) is 9.77 Å². The molecule has 0 aliphatic carbocycles. The lowest BCUT2D eigenvalue weighted by molar-refractivity contribution is 0.627. The van der Waals surface area contributed by atoms with E-state index < -0.39 is 0 Å². The van der Waals surface area contributed by atoms with E-state index in [1.807, 2.05) is 12.1 Å². The minimum atomic E-state index is -0.289. The number of thioether (sulfide) groups is 1. The van der Waals surface area contributed by atoms with Crippen LogP contribution in [-0.2, 0) is 5.75 Å². The van der Waals surface area contributed by atoms with Gasteiger partial charge in [0.2, 0.25) is 0 Å². The normalized spacial score (nSPS) is 10.9. The van der Waals surface area contributed by atoms with Gasteiger partial charge in [0.15, 0.2) is 8.29 Å². The van der Waals surface area contributed by atoms with Gasteiger partial charge in [-0.1, -0.05) is 52.4 Å². The molecule has 0 saturated carbocycles. The second kappa shape index (κ2) is 7.32. The molecule has 0 N–H and O–H groups in total. The quantitative estimate of drug-likeness (QED) is 0.371. The molecule has 0 fully saturated rings. The lowest BCUT2D eigenvalue weighted by Gasteiger charge is -2.03. The highest BCUT2D eigenvalue weighted by atomic mass is 35.5. The molecular weight excluding hydrogens is 394 g/mol. The topological polar surface area (TPSA) is 17.8 Å². The van der Waals surface area contributed by atoms with Crippen molar-refractivity contribution in [2.45, 2.75) is 10.1 Å². The van der Waals surface area contributed by atoms with Gasteiger partial charge >= 0.3 is 0 Å². The van der Waals surface area contributed by atoms with Crippen LogP contribution in [0.5, 0.6) is 0 Å². The summed E-state index contributed by atoms with van der Waals surface area (Å²) in [5.74, 6) is 0.379. The van der Waals surface area contributed by atoms with Gasteiger partial charge in [0.05, 0.1) is 5.69 Å². The Bertz CT molecular complexity index is 890. The van der Waals surface area contributed by atoms with Crippen molar-refractivity contribution < 1.29 is 4.39 Å². The van der Waals surface area contributed by atoms with Gasteiger partial charge in [0, 0.05) is 15.8 Å². The SMILES string of the molecule is Fc1ccc(-n2nc(SCc3ccc(Cl)cc3Cl)sc2=S)cc1. The van der Waals surface area contributed by atoms with E-state index in [0.29, 0.717) is 19.8 Å². The highest BCUT2D eigenvalue weighted by Crippen LogP contribution is 2.30. The van der Waals surface area contributed by atoms with Gasteiger partial charge in [-0.05, 0) is 54.2 Å². The van der Waals surface area contributed by atoms with Crippen LogP contribution in [0.15, 0.2) is 46.8 Å². The number of hydrogen-bond donors (Lipinski definition) is 0. The van der Waals surface area contributed by atoms with E-state index in [1.165, 1.54) is 23.5 Å². The summed E-state index contributed by atoms with van der Waals surface area (Å²) in [4.78, 5) is 0. The Labute approximate surface area is 155 Å². The Hall–Kier alpha value is -0.920. The molecule has 0 bridgehead atoms. The molecule has 0 radical (unpaired) electrons. The van der Waals surface area contributed by atoms with E-state index in [0.717, 1.165) is 15.6 Å². The maximum absolute atomic E-state index is 13.0. The van der Waals surface area contributed by atoms with Crippen LogP contribution >= 0.6 is 58.5 Å². The molecule has 0 atom stereocenters. The molecule has 118 valence electrons. The van der Waals surface area contributed by atoms with Crippen LogP contribution in [0.4, 0.5) is 4.39 Å². The van der Waals surface area contributed by atoms with Crippen molar-refractivity contribution in [2.75, 3.05) is 0 Å². The number of rotatable bonds is 4. The predicted molar refractivity (Wildman–Crippen MR) is 98.3 cm³/mol. The first-order valence-corrected chi connectivity index (χ1v) is 9.42. The maximum Gasteiger partial charge on any atom is 0.184 e. The zero-order chi connectivity index (χ0) is 16.4. The molecule has 1 heterocycles. The number of benzene rings is 2. The van der Waals surface area contributed by atoms with Gasteiger partial charge in [-0.25, -0.2) is 9.07 Å². The van der Waals surface area contributed by atoms with Crippen molar-refractivity contribution in [3.05, 3.63) is 67.8 Å². The van der Waals surface area contributed by atoms with Crippen LogP contribution in [-0.4, -0.2) is 9.78 Å². The average molecular weight is 403 g/mol. The fourth-order valence-electron chi connectivity index (χ4n) is 1.84. The predicted octanol–water partition coefficient (Wildman–Crippen LogP) is 6.40. The van der Waals surface area contributed by atoms with Gasteiger partial charge in [0.25, 0.3) is 0 Å². The zero-order valence-corrected chi connectivity index (χ0v) is 15.5. The fourth-order valence-corrected chi connectivity index (χ4v) is 4.76. The number of hydrogen-bond acceptors (Lipinski definition) is 4. The Kier molecular flexibility index (Phi) is 5.38. The second-order valence-electron chi connectivity index (χ2n) is 4.55. The number of nitrogens with zero attached hydrogens (tertiary/aromatic N) is 2. The van der Waals surface area contributed by atoms with Crippen molar-refractivity contribution >= 4 is 58.5 Å². The summed E-state index contributed by atoms with van der Waals surface area (Å²) in [6, 6.07) is 11.5. The Morgan fingerprint density at radius 1 is 1.17 bits per heavy atom. The van der Waals surface area contributed by atoms with Crippen LogP contribution in [0.2, 0.25) is 10.0 Å². The molecular formula is C15H9Cl2FN2S3. The van der Waals surface area contributed by atoms with Crippen LogP contribution in [0.25, 0.3) is 5.69 Å². The lowest BCUT2D eigenvalue weighted by Crippen LogP contribution is -1.96. The smallest absolute Gasteiger partial charge is 0.184 e. The van der Waals surface area contributed by atoms with Gasteiger partial charge in [-0.15, -0.1) is 5.10 Å². The fraction of sp³-hybridized carbons (Fsp3) is 0.0667. The van der Waals surface area contributed by atoms with E-state index in [1.54, 1.807) is 34.6 Å². The summed E-state index contributed by atoms with van der Waals surface area (Å²) in [5, 5.41) is 5.72. The van der Waals surface area contributed by atoms with Crippen LogP contribution < -0.4 is 0 Å². The summed E-state index contributed by atoms with van der Waals surface area (Å²) >= 11 is 20.3. The summed E-state index contributed by atoms with van der Waals surface area (Å²) in [6.07, 6.45) is 0. The molecule has 0 saturated heterocycles. The second-order valence-corrected chi connectivity index (χ2v) is 8.24. The highest BCUT2D eigenvalue weighted by Gasteiger charge is 2.08. The number of halogens is 3. The molecule has 0 spiro atoms. The maximum atomic E-state index is 13.0. The van der Waals surface area contributed by atoms with E-state index in [9.17, 15) is 4.39 Å². The largest absolute Gasteiger partial charge is 0.211 e. The average Bonchev–Trinajstić information content (AvgIpc) is 2.88. The molecule has 23 heavy (non-hydrogen) atoms. The van der Waals surface area contributed by atoms with Gasteiger partial charge in [-0.3, -0.25) is 0 Å². The summed E-state index contributed by atoms with van der Waals surface area (Å²) < 4.78 is 16.1. The first-order valence-electron chi connectivity index (χ1n) is 6.46. The molecule has 0 amide bonds.